The van der Waals surface area contributed by atoms with Gasteiger partial charge in [-0.1, -0.05) is 60.7 Å². The number of hydrogen-bond donors (Lipinski definition) is 4. The smallest absolute Gasteiger partial charge is 0.394 e. The number of hydrogen-bond acceptors (Lipinski definition) is 10. The Hall–Kier alpha value is -2.95. The maximum Gasteiger partial charge on any atom is 0.394 e. The average molecular weight is 695 g/mol. The molecule has 268 valence electrons. The number of esters is 2. The second-order valence-corrected chi connectivity index (χ2v) is 13.8. The van der Waals surface area contributed by atoms with Gasteiger partial charge >= 0.3 is 22.3 Å². The Morgan fingerprint density at radius 3 is 1.19 bits per heavy atom. The van der Waals surface area contributed by atoms with Crippen LogP contribution in [0.5, 0.6) is 0 Å². The van der Waals surface area contributed by atoms with E-state index in [1.165, 1.54) is 25.7 Å². The molecule has 0 radical (unpaired) electrons. The van der Waals surface area contributed by atoms with Gasteiger partial charge in [-0.15, -0.1) is 0 Å². The van der Waals surface area contributed by atoms with Crippen LogP contribution < -0.4 is 0 Å². The summed E-state index contributed by atoms with van der Waals surface area (Å²) in [6.07, 6.45) is 8.52. The molecule has 6 atom stereocenters. The molecule has 2 aromatic rings. The molecular formula is C34H50N2O11S. The van der Waals surface area contributed by atoms with Gasteiger partial charge in [0.1, 0.15) is 24.0 Å². The van der Waals surface area contributed by atoms with Gasteiger partial charge in [-0.05, 0) is 76.6 Å². The van der Waals surface area contributed by atoms with Crippen molar-refractivity contribution < 1.29 is 52.3 Å². The summed E-state index contributed by atoms with van der Waals surface area (Å²) in [5.74, 6) is -1.72. The van der Waals surface area contributed by atoms with Gasteiger partial charge in [0.25, 0.3) is 0 Å². The van der Waals surface area contributed by atoms with Crippen LogP contribution in [-0.4, -0.2) is 119 Å². The van der Waals surface area contributed by atoms with Crippen molar-refractivity contribution in [3.8, 4) is 0 Å². The fourth-order valence-corrected chi connectivity index (χ4v) is 7.41. The van der Waals surface area contributed by atoms with E-state index < -0.39 is 22.2 Å². The van der Waals surface area contributed by atoms with E-state index in [1.54, 1.807) is 0 Å². The number of piperidine rings is 2. The number of carbonyl (C=O) groups is 2. The number of carbonyl (C=O) groups excluding carboxylic acids is 2. The highest BCUT2D eigenvalue weighted by Gasteiger charge is 2.41. The van der Waals surface area contributed by atoms with Crippen LogP contribution in [0.3, 0.4) is 0 Å². The molecule has 4 aliphatic rings. The zero-order chi connectivity index (χ0) is 34.1. The normalized spacial score (nSPS) is 27.5. The molecule has 6 rings (SSSR count). The quantitative estimate of drug-likeness (QED) is 0.232. The third kappa shape index (κ3) is 11.0. The van der Waals surface area contributed by atoms with E-state index in [-0.39, 0.29) is 42.8 Å². The summed E-state index contributed by atoms with van der Waals surface area (Å²) in [7, 11) is -0.332. The van der Waals surface area contributed by atoms with Gasteiger partial charge in [0.05, 0.1) is 13.2 Å². The molecule has 0 saturated carbocycles. The molecule has 0 spiro atoms. The van der Waals surface area contributed by atoms with Gasteiger partial charge < -0.3 is 35.0 Å². The SMILES string of the molecule is CN1C2CCC1CC(OC(=O)[C@@H](CO)c1ccccc1)C2.CN1C2CCC1CC(OC(=O)[C@@H](CO)c1ccccc1)C2.O.O=S(=O)(O)O. The predicted octanol–water partition coefficient (Wildman–Crippen LogP) is 2.38. The summed E-state index contributed by atoms with van der Waals surface area (Å²) in [5, 5.41) is 19.1. The Kier molecular flexibility index (Phi) is 14.9. The molecule has 0 amide bonds. The van der Waals surface area contributed by atoms with Crippen molar-refractivity contribution in [2.45, 2.75) is 99.6 Å². The lowest BCUT2D eigenvalue weighted by atomic mass is 9.98. The zero-order valence-electron chi connectivity index (χ0n) is 27.5. The molecule has 6 N–H and O–H groups in total. The second kappa shape index (κ2) is 18.2. The van der Waals surface area contributed by atoms with E-state index in [0.29, 0.717) is 24.2 Å². The second-order valence-electron chi connectivity index (χ2n) is 12.9. The number of fused-ring (bicyclic) bond motifs is 4. The molecule has 4 aliphatic heterocycles. The van der Waals surface area contributed by atoms with Crippen LogP contribution in [0, 0.1) is 0 Å². The minimum absolute atomic E-state index is 0. The molecule has 4 bridgehead atoms. The van der Waals surface area contributed by atoms with Gasteiger partial charge in [0.2, 0.25) is 0 Å². The number of rotatable bonds is 8. The summed E-state index contributed by atoms with van der Waals surface area (Å²) >= 11 is 0. The number of benzene rings is 2. The lowest BCUT2D eigenvalue weighted by molar-refractivity contribution is -0.156. The minimum atomic E-state index is -4.67. The van der Waals surface area contributed by atoms with E-state index in [4.69, 9.17) is 27.0 Å². The third-order valence-electron chi connectivity index (χ3n) is 10.0. The topological polar surface area (TPSA) is 206 Å². The summed E-state index contributed by atoms with van der Waals surface area (Å²) in [4.78, 5) is 29.6. The molecule has 4 fully saturated rings. The highest BCUT2D eigenvalue weighted by Crippen LogP contribution is 2.37. The van der Waals surface area contributed by atoms with E-state index >= 15 is 0 Å². The number of ether oxygens (including phenoxy) is 2. The molecule has 13 nitrogen and oxygen atoms in total. The van der Waals surface area contributed by atoms with Crippen LogP contribution in [0.2, 0.25) is 0 Å². The van der Waals surface area contributed by atoms with Gasteiger partial charge in [-0.3, -0.25) is 18.7 Å². The fraction of sp³-hybridized carbons (Fsp3) is 0.588. The minimum Gasteiger partial charge on any atom is -0.462 e. The number of nitrogens with zero attached hydrogens (tertiary/aromatic N) is 2. The first-order chi connectivity index (χ1) is 22.4. The van der Waals surface area contributed by atoms with Crippen molar-refractivity contribution in [2.75, 3.05) is 27.3 Å². The fourth-order valence-electron chi connectivity index (χ4n) is 7.41. The summed E-state index contributed by atoms with van der Waals surface area (Å²) in [6, 6.07) is 20.9. The first-order valence-electron chi connectivity index (χ1n) is 16.2. The maximum absolute atomic E-state index is 12.4. The van der Waals surface area contributed by atoms with Crippen LogP contribution in [0.4, 0.5) is 0 Å². The Labute approximate surface area is 282 Å². The predicted molar refractivity (Wildman–Crippen MR) is 178 cm³/mol. The standard InChI is InChI=1S/2C17H23NO3.H2O4S.H2O/c2*1-18-13-7-8-14(18)10-15(9-13)21-17(20)16(11-19)12-5-3-2-4-6-12;1-5(2,3)4;/h2*2-6,13-16,19H,7-11H2,1H3;(H2,1,2,3,4);1H2/t2*13?,14?,15?,16-;;/m00../s1. The maximum atomic E-state index is 12.4. The molecule has 4 heterocycles. The number of aliphatic hydroxyl groups excluding tert-OH is 2. The lowest BCUT2D eigenvalue weighted by Gasteiger charge is -2.36. The molecule has 4 unspecified atom stereocenters. The molecule has 4 saturated heterocycles. The molecule has 2 aromatic carbocycles. The zero-order valence-corrected chi connectivity index (χ0v) is 28.3. The van der Waals surface area contributed by atoms with Crippen LogP contribution in [-0.2, 0) is 29.5 Å². The van der Waals surface area contributed by atoms with Crippen molar-refractivity contribution in [3.63, 3.8) is 0 Å². The van der Waals surface area contributed by atoms with Crippen LogP contribution in [0.15, 0.2) is 60.7 Å². The van der Waals surface area contributed by atoms with E-state index in [0.717, 1.165) is 36.8 Å². The largest absolute Gasteiger partial charge is 0.462 e. The van der Waals surface area contributed by atoms with Crippen molar-refractivity contribution in [1.29, 1.82) is 0 Å². The van der Waals surface area contributed by atoms with Crippen molar-refractivity contribution in [1.82, 2.24) is 9.80 Å². The highest BCUT2D eigenvalue weighted by molar-refractivity contribution is 7.79. The van der Waals surface area contributed by atoms with Gasteiger partial charge in [-0.25, -0.2) is 0 Å². The molecule has 0 aliphatic carbocycles. The highest BCUT2D eigenvalue weighted by atomic mass is 32.3. The van der Waals surface area contributed by atoms with Crippen molar-refractivity contribution in [2.24, 2.45) is 0 Å². The van der Waals surface area contributed by atoms with Crippen molar-refractivity contribution in [3.05, 3.63) is 71.8 Å². The Morgan fingerprint density at radius 1 is 0.667 bits per heavy atom. The van der Waals surface area contributed by atoms with Crippen molar-refractivity contribution >= 4 is 22.3 Å². The Bertz CT molecular complexity index is 1270. The van der Waals surface area contributed by atoms with Gasteiger partial charge in [0, 0.05) is 24.2 Å². The summed E-state index contributed by atoms with van der Waals surface area (Å²) < 4.78 is 43.0. The van der Waals surface area contributed by atoms with Crippen LogP contribution >= 0.6 is 0 Å². The molecule has 0 aromatic heterocycles. The monoisotopic (exact) mass is 694 g/mol. The first kappa shape index (κ1) is 39.5. The van der Waals surface area contributed by atoms with Crippen LogP contribution in [0.25, 0.3) is 0 Å². The van der Waals surface area contributed by atoms with E-state index in [1.807, 2.05) is 60.7 Å². The molecule has 14 heteroatoms. The van der Waals surface area contributed by atoms with E-state index in [9.17, 15) is 19.8 Å². The third-order valence-corrected chi connectivity index (χ3v) is 10.0. The summed E-state index contributed by atoms with van der Waals surface area (Å²) in [6.45, 7) is -0.412. The van der Waals surface area contributed by atoms with Gasteiger partial charge in [-0.2, -0.15) is 8.42 Å². The average Bonchev–Trinajstić information content (AvgIpc) is 3.34. The van der Waals surface area contributed by atoms with E-state index in [2.05, 4.69) is 23.9 Å². The molecule has 48 heavy (non-hydrogen) atoms. The van der Waals surface area contributed by atoms with Crippen LogP contribution in [0.1, 0.15) is 74.3 Å². The molecular weight excluding hydrogens is 644 g/mol. The lowest BCUT2D eigenvalue weighted by Crippen LogP contribution is -2.43. The Morgan fingerprint density at radius 2 is 0.938 bits per heavy atom. The first-order valence-corrected chi connectivity index (χ1v) is 17.6. The van der Waals surface area contributed by atoms with Gasteiger partial charge in [0.15, 0.2) is 0 Å². The summed E-state index contributed by atoms with van der Waals surface area (Å²) in [5.41, 5.74) is 1.64. The Balaban J connectivity index is 0.000000225. The number of aliphatic hydroxyl groups is 2.